The second-order valence-electron chi connectivity index (χ2n) is 6.60. The Morgan fingerprint density at radius 2 is 1.52 bits per heavy atom. The molecule has 0 N–H and O–H groups in total. The van der Waals surface area contributed by atoms with E-state index in [0.717, 1.165) is 31.2 Å². The van der Waals surface area contributed by atoms with Gasteiger partial charge in [0.1, 0.15) is 0 Å². The topological polar surface area (TPSA) is 9.23 Å². The van der Waals surface area contributed by atoms with Crippen molar-refractivity contribution in [1.29, 1.82) is 0 Å². The van der Waals surface area contributed by atoms with Crippen molar-refractivity contribution in [2.75, 3.05) is 0 Å². The first-order valence-electron chi connectivity index (χ1n) is 9.30. The number of halogens is 2. The number of hydrogen-bond donors (Lipinski definition) is 0. The average molecular weight is 346 g/mol. The van der Waals surface area contributed by atoms with Crippen LogP contribution in [-0.4, -0.2) is 6.10 Å². The summed E-state index contributed by atoms with van der Waals surface area (Å²) in [7, 11) is 0. The van der Waals surface area contributed by atoms with Gasteiger partial charge in [-0.1, -0.05) is 57.4 Å². The van der Waals surface area contributed by atoms with Gasteiger partial charge in [0.15, 0.2) is 17.4 Å². The summed E-state index contributed by atoms with van der Waals surface area (Å²) in [6.45, 7) is 6.09. The lowest BCUT2D eigenvalue weighted by atomic mass is 10.0. The summed E-state index contributed by atoms with van der Waals surface area (Å²) >= 11 is 0. The molecule has 0 bridgehead atoms. The van der Waals surface area contributed by atoms with E-state index in [-0.39, 0.29) is 11.9 Å². The van der Waals surface area contributed by atoms with E-state index in [0.29, 0.717) is 5.56 Å². The molecule has 0 saturated heterocycles. The normalized spacial score (nSPS) is 12.2. The molecule has 0 saturated carbocycles. The van der Waals surface area contributed by atoms with Gasteiger partial charge in [0.2, 0.25) is 0 Å². The third kappa shape index (κ3) is 5.55. The highest BCUT2D eigenvalue weighted by atomic mass is 19.1. The van der Waals surface area contributed by atoms with Crippen molar-refractivity contribution < 1.29 is 13.5 Å². The fourth-order valence-corrected chi connectivity index (χ4v) is 2.89. The number of rotatable bonds is 9. The van der Waals surface area contributed by atoms with Gasteiger partial charge in [-0.05, 0) is 55.0 Å². The van der Waals surface area contributed by atoms with Crippen LogP contribution in [0.4, 0.5) is 8.78 Å². The van der Waals surface area contributed by atoms with Gasteiger partial charge in [-0.15, -0.1) is 0 Å². The SMILES string of the molecule is CCCCCCC(C)Oc1c(F)cc(-c2ccc(CC)cc2)cc1F. The monoisotopic (exact) mass is 346 g/mol. The molecule has 3 heteroatoms. The molecule has 0 aromatic heterocycles. The Morgan fingerprint density at radius 1 is 0.880 bits per heavy atom. The summed E-state index contributed by atoms with van der Waals surface area (Å²) in [5.41, 5.74) is 2.52. The molecule has 2 aromatic carbocycles. The van der Waals surface area contributed by atoms with Crippen LogP contribution in [0.3, 0.4) is 0 Å². The Hall–Kier alpha value is -1.90. The van der Waals surface area contributed by atoms with Gasteiger partial charge in [-0.2, -0.15) is 0 Å². The summed E-state index contributed by atoms with van der Waals surface area (Å²) < 4.78 is 34.3. The molecule has 2 aromatic rings. The zero-order valence-electron chi connectivity index (χ0n) is 15.4. The van der Waals surface area contributed by atoms with Crippen LogP contribution in [-0.2, 0) is 6.42 Å². The molecule has 1 atom stereocenters. The molecule has 0 aliphatic heterocycles. The zero-order valence-corrected chi connectivity index (χ0v) is 15.4. The standard InChI is InChI=1S/C22H28F2O/c1-4-6-7-8-9-16(3)25-22-20(23)14-19(15-21(22)24)18-12-10-17(5-2)11-13-18/h10-16H,4-9H2,1-3H3. The molecule has 0 aliphatic carbocycles. The minimum Gasteiger partial charge on any atom is -0.485 e. The first kappa shape index (κ1) is 19.4. The van der Waals surface area contributed by atoms with Crippen LogP contribution < -0.4 is 4.74 Å². The maximum atomic E-state index is 14.4. The first-order chi connectivity index (χ1) is 12.0. The molecule has 0 spiro atoms. The van der Waals surface area contributed by atoms with Crippen molar-refractivity contribution >= 4 is 0 Å². The smallest absolute Gasteiger partial charge is 0.191 e. The fourth-order valence-electron chi connectivity index (χ4n) is 2.89. The molecule has 0 fully saturated rings. The van der Waals surface area contributed by atoms with Crippen molar-refractivity contribution in [2.24, 2.45) is 0 Å². The molecule has 1 unspecified atom stereocenters. The van der Waals surface area contributed by atoms with Crippen LogP contribution in [0.5, 0.6) is 5.75 Å². The third-order valence-electron chi connectivity index (χ3n) is 4.48. The van der Waals surface area contributed by atoms with Crippen molar-refractivity contribution in [1.82, 2.24) is 0 Å². The molecular formula is C22H28F2O. The molecule has 0 amide bonds. The molecule has 25 heavy (non-hydrogen) atoms. The second kappa shape index (κ2) is 9.55. The van der Waals surface area contributed by atoms with Crippen molar-refractivity contribution in [3.05, 3.63) is 53.6 Å². The van der Waals surface area contributed by atoms with E-state index in [1.807, 2.05) is 31.2 Å². The number of unbranched alkanes of at least 4 members (excludes halogenated alkanes) is 3. The lowest BCUT2D eigenvalue weighted by molar-refractivity contribution is 0.188. The molecule has 0 radical (unpaired) electrons. The van der Waals surface area contributed by atoms with Gasteiger partial charge in [0, 0.05) is 0 Å². The minimum absolute atomic E-state index is 0.199. The maximum Gasteiger partial charge on any atom is 0.191 e. The number of ether oxygens (including phenoxy) is 1. The zero-order chi connectivity index (χ0) is 18.2. The van der Waals surface area contributed by atoms with Crippen molar-refractivity contribution in [3.8, 4) is 16.9 Å². The van der Waals surface area contributed by atoms with Gasteiger partial charge < -0.3 is 4.74 Å². The third-order valence-corrected chi connectivity index (χ3v) is 4.48. The van der Waals surface area contributed by atoms with E-state index >= 15 is 0 Å². The molecule has 2 rings (SSSR count). The van der Waals surface area contributed by atoms with E-state index in [4.69, 9.17) is 4.74 Å². The van der Waals surface area contributed by atoms with Crippen LogP contribution >= 0.6 is 0 Å². The Balaban J connectivity index is 2.08. The van der Waals surface area contributed by atoms with E-state index in [1.165, 1.54) is 30.5 Å². The first-order valence-corrected chi connectivity index (χ1v) is 9.30. The Kier molecular flexibility index (Phi) is 7.42. The molecule has 0 heterocycles. The van der Waals surface area contributed by atoms with Crippen molar-refractivity contribution in [3.63, 3.8) is 0 Å². The summed E-state index contributed by atoms with van der Waals surface area (Å²) in [5, 5.41) is 0. The van der Waals surface area contributed by atoms with Gasteiger partial charge in [-0.3, -0.25) is 0 Å². The lowest BCUT2D eigenvalue weighted by Gasteiger charge is -2.16. The fraction of sp³-hybridized carbons (Fsp3) is 0.455. The van der Waals surface area contributed by atoms with E-state index in [2.05, 4.69) is 13.8 Å². The predicted molar refractivity (Wildman–Crippen MR) is 100 cm³/mol. The minimum atomic E-state index is -0.644. The number of benzene rings is 2. The quantitative estimate of drug-likeness (QED) is 0.447. The van der Waals surface area contributed by atoms with Crippen LogP contribution in [0.25, 0.3) is 11.1 Å². The van der Waals surface area contributed by atoms with Gasteiger partial charge in [0.05, 0.1) is 6.10 Å². The summed E-state index contributed by atoms with van der Waals surface area (Å²) in [5.74, 6) is -1.55. The van der Waals surface area contributed by atoms with Crippen LogP contribution in [0.15, 0.2) is 36.4 Å². The van der Waals surface area contributed by atoms with Gasteiger partial charge >= 0.3 is 0 Å². The Bertz CT molecular complexity index is 641. The highest BCUT2D eigenvalue weighted by Crippen LogP contribution is 2.30. The van der Waals surface area contributed by atoms with Crippen LogP contribution in [0, 0.1) is 11.6 Å². The Morgan fingerprint density at radius 3 is 2.08 bits per heavy atom. The van der Waals surface area contributed by atoms with Gasteiger partial charge in [-0.25, -0.2) is 8.78 Å². The van der Waals surface area contributed by atoms with Crippen LogP contribution in [0.2, 0.25) is 0 Å². The second-order valence-corrected chi connectivity index (χ2v) is 6.60. The Labute approximate surface area is 150 Å². The maximum absolute atomic E-state index is 14.4. The average Bonchev–Trinajstić information content (AvgIpc) is 2.62. The largest absolute Gasteiger partial charge is 0.485 e. The highest BCUT2D eigenvalue weighted by molar-refractivity contribution is 5.65. The van der Waals surface area contributed by atoms with E-state index in [1.54, 1.807) is 0 Å². The summed E-state index contributed by atoms with van der Waals surface area (Å²) in [6, 6.07) is 10.4. The molecule has 0 aliphatic rings. The van der Waals surface area contributed by atoms with Gasteiger partial charge in [0.25, 0.3) is 0 Å². The van der Waals surface area contributed by atoms with Crippen LogP contribution in [0.1, 0.15) is 58.4 Å². The number of hydrogen-bond acceptors (Lipinski definition) is 1. The summed E-state index contributed by atoms with van der Waals surface area (Å²) in [6.07, 6.45) is 6.03. The van der Waals surface area contributed by atoms with E-state index < -0.39 is 11.6 Å². The molecular weight excluding hydrogens is 318 g/mol. The van der Waals surface area contributed by atoms with E-state index in [9.17, 15) is 8.78 Å². The van der Waals surface area contributed by atoms with Crippen molar-refractivity contribution in [2.45, 2.75) is 65.4 Å². The predicted octanol–water partition coefficient (Wildman–Crippen LogP) is 6.93. The molecule has 1 nitrogen and oxygen atoms in total. The lowest BCUT2D eigenvalue weighted by Crippen LogP contribution is -2.13. The molecule has 136 valence electrons. The number of aryl methyl sites for hydroxylation is 1. The summed E-state index contributed by atoms with van der Waals surface area (Å²) in [4.78, 5) is 0. The highest BCUT2D eigenvalue weighted by Gasteiger charge is 2.16.